The Morgan fingerprint density at radius 1 is 1.26 bits per heavy atom. The van der Waals surface area contributed by atoms with E-state index in [4.69, 9.17) is 0 Å². The fourth-order valence-electron chi connectivity index (χ4n) is 3.55. The van der Waals surface area contributed by atoms with Crippen LogP contribution < -0.4 is 5.32 Å². The molecule has 0 aliphatic carbocycles. The summed E-state index contributed by atoms with van der Waals surface area (Å²) in [5.41, 5.74) is 2.43. The van der Waals surface area contributed by atoms with E-state index in [-0.39, 0.29) is 24.4 Å². The number of para-hydroxylation sites is 1. The largest absolute Gasteiger partial charge is 0.333 e. The van der Waals surface area contributed by atoms with Crippen molar-refractivity contribution in [3.8, 4) is 16.3 Å². The summed E-state index contributed by atoms with van der Waals surface area (Å²) < 4.78 is 1.88. The molecule has 1 aliphatic rings. The van der Waals surface area contributed by atoms with Gasteiger partial charge < -0.3 is 10.2 Å². The molecule has 3 aromatic rings. The first-order valence-corrected chi connectivity index (χ1v) is 9.81. The van der Waals surface area contributed by atoms with Crippen molar-refractivity contribution in [3.63, 3.8) is 0 Å². The van der Waals surface area contributed by atoms with Crippen molar-refractivity contribution in [2.24, 2.45) is 0 Å². The summed E-state index contributed by atoms with van der Waals surface area (Å²) in [7, 11) is 1.93. The second-order valence-electron chi connectivity index (χ2n) is 6.49. The van der Waals surface area contributed by atoms with Gasteiger partial charge in [-0.1, -0.05) is 24.3 Å². The Morgan fingerprint density at radius 3 is 2.78 bits per heavy atom. The van der Waals surface area contributed by atoms with Crippen LogP contribution in [-0.4, -0.2) is 46.8 Å². The van der Waals surface area contributed by atoms with Gasteiger partial charge in [-0.25, -0.2) is 4.68 Å². The number of halogens is 1. The lowest BCUT2D eigenvalue weighted by molar-refractivity contribution is 0.0730. The van der Waals surface area contributed by atoms with Gasteiger partial charge in [-0.3, -0.25) is 4.79 Å². The number of nitrogens with zero attached hydrogens (tertiary/aromatic N) is 3. The number of amides is 1. The number of hydrogen-bond acceptors (Lipinski definition) is 4. The van der Waals surface area contributed by atoms with E-state index in [0.717, 1.165) is 42.2 Å². The average molecular weight is 403 g/mol. The van der Waals surface area contributed by atoms with Crippen LogP contribution in [-0.2, 0) is 0 Å². The van der Waals surface area contributed by atoms with E-state index >= 15 is 0 Å². The number of likely N-dealkylation sites (tertiary alicyclic amines) is 1. The first-order valence-electron chi connectivity index (χ1n) is 8.93. The van der Waals surface area contributed by atoms with Crippen LogP contribution in [0.5, 0.6) is 0 Å². The summed E-state index contributed by atoms with van der Waals surface area (Å²) in [5, 5.41) is 9.92. The Kier molecular flexibility index (Phi) is 6.31. The molecule has 1 unspecified atom stereocenters. The predicted octanol–water partition coefficient (Wildman–Crippen LogP) is 3.85. The molecule has 1 N–H and O–H groups in total. The van der Waals surface area contributed by atoms with E-state index in [0.29, 0.717) is 5.69 Å². The van der Waals surface area contributed by atoms with Gasteiger partial charge in [0.1, 0.15) is 0 Å². The van der Waals surface area contributed by atoms with Gasteiger partial charge in [0.15, 0.2) is 5.69 Å². The van der Waals surface area contributed by atoms with Gasteiger partial charge in [0.25, 0.3) is 5.91 Å². The highest BCUT2D eigenvalue weighted by atomic mass is 35.5. The second-order valence-corrected chi connectivity index (χ2v) is 7.44. The summed E-state index contributed by atoms with van der Waals surface area (Å²) in [4.78, 5) is 16.2. The molecule has 7 heteroatoms. The maximum Gasteiger partial charge on any atom is 0.274 e. The number of likely N-dealkylation sites (N-methyl/N-ethyl adjacent to an activating group) is 1. The lowest BCUT2D eigenvalue weighted by Gasteiger charge is -2.23. The number of nitrogens with one attached hydrogen (secondary N) is 1. The van der Waals surface area contributed by atoms with Crippen LogP contribution in [0.25, 0.3) is 16.3 Å². The number of thiophene rings is 1. The van der Waals surface area contributed by atoms with Gasteiger partial charge in [0.2, 0.25) is 0 Å². The second kappa shape index (κ2) is 8.69. The molecular weight excluding hydrogens is 380 g/mol. The standard InChI is InChI=1S/C20H22N4OS.ClH/c1-21-14-16-9-5-11-23(16)20(25)17-13-18(19-10-6-12-26-19)24(22-17)15-7-3-2-4-8-15;/h2-4,6-8,10,12-13,16,21H,5,9,11,14H2,1H3;1H. The Bertz CT molecular complexity index is 879. The molecule has 1 amide bonds. The molecule has 27 heavy (non-hydrogen) atoms. The van der Waals surface area contributed by atoms with Gasteiger partial charge in [-0.05, 0) is 49.5 Å². The van der Waals surface area contributed by atoms with E-state index in [2.05, 4.69) is 16.5 Å². The van der Waals surface area contributed by atoms with E-state index in [9.17, 15) is 4.79 Å². The molecule has 0 saturated carbocycles. The van der Waals surface area contributed by atoms with Gasteiger partial charge in [0, 0.05) is 19.1 Å². The van der Waals surface area contributed by atoms with Crippen molar-refractivity contribution in [2.45, 2.75) is 18.9 Å². The molecule has 1 fully saturated rings. The van der Waals surface area contributed by atoms with Crippen molar-refractivity contribution in [1.29, 1.82) is 0 Å². The molecule has 2 aromatic heterocycles. The van der Waals surface area contributed by atoms with Gasteiger partial charge in [-0.15, -0.1) is 23.7 Å². The van der Waals surface area contributed by atoms with Crippen molar-refractivity contribution < 1.29 is 4.79 Å². The minimum absolute atomic E-state index is 0. The topological polar surface area (TPSA) is 50.2 Å². The van der Waals surface area contributed by atoms with E-state index in [1.807, 2.05) is 64.5 Å². The van der Waals surface area contributed by atoms with Crippen LogP contribution in [0.1, 0.15) is 23.3 Å². The van der Waals surface area contributed by atoms with Crippen LogP contribution in [0.3, 0.4) is 0 Å². The average Bonchev–Trinajstić information content (AvgIpc) is 3.42. The Hall–Kier alpha value is -2.15. The highest BCUT2D eigenvalue weighted by Gasteiger charge is 2.31. The normalized spacial score (nSPS) is 16.3. The first kappa shape index (κ1) is 19.6. The zero-order valence-electron chi connectivity index (χ0n) is 15.2. The third-order valence-corrected chi connectivity index (χ3v) is 5.67. The molecule has 5 nitrogen and oxygen atoms in total. The Balaban J connectivity index is 0.00000210. The molecule has 4 rings (SSSR count). The maximum atomic E-state index is 13.1. The number of carbonyl (C=O) groups excluding carboxylic acids is 1. The van der Waals surface area contributed by atoms with Crippen LogP contribution in [0.4, 0.5) is 0 Å². The van der Waals surface area contributed by atoms with Crippen molar-refractivity contribution in [1.82, 2.24) is 20.0 Å². The number of carbonyl (C=O) groups is 1. The molecule has 1 aromatic carbocycles. The molecule has 0 spiro atoms. The van der Waals surface area contributed by atoms with E-state index < -0.39 is 0 Å². The minimum atomic E-state index is 0. The number of aromatic nitrogens is 2. The van der Waals surface area contributed by atoms with Crippen LogP contribution in [0, 0.1) is 0 Å². The molecule has 1 atom stereocenters. The summed E-state index contributed by atoms with van der Waals surface area (Å²) in [5.74, 6) is 0.0234. The highest BCUT2D eigenvalue weighted by molar-refractivity contribution is 7.13. The Morgan fingerprint density at radius 2 is 2.07 bits per heavy atom. The summed E-state index contributed by atoms with van der Waals surface area (Å²) in [6, 6.07) is 16.2. The lowest BCUT2D eigenvalue weighted by atomic mass is 10.2. The molecule has 0 radical (unpaired) electrons. The monoisotopic (exact) mass is 402 g/mol. The van der Waals surface area contributed by atoms with Crippen molar-refractivity contribution in [2.75, 3.05) is 20.1 Å². The quantitative estimate of drug-likeness (QED) is 0.705. The fourth-order valence-corrected chi connectivity index (χ4v) is 4.28. The fraction of sp³-hybridized carbons (Fsp3) is 0.300. The molecular formula is C20H23ClN4OS. The van der Waals surface area contributed by atoms with Crippen molar-refractivity contribution in [3.05, 3.63) is 59.6 Å². The van der Waals surface area contributed by atoms with Crippen molar-refractivity contribution >= 4 is 29.7 Å². The third kappa shape index (κ3) is 3.93. The predicted molar refractivity (Wildman–Crippen MR) is 112 cm³/mol. The summed E-state index contributed by atoms with van der Waals surface area (Å²) in [6.45, 7) is 1.63. The smallest absolute Gasteiger partial charge is 0.274 e. The first-order chi connectivity index (χ1) is 12.8. The molecule has 1 aliphatic heterocycles. The third-order valence-electron chi connectivity index (χ3n) is 4.78. The van der Waals surface area contributed by atoms with E-state index in [1.54, 1.807) is 11.3 Å². The summed E-state index contributed by atoms with van der Waals surface area (Å²) >= 11 is 1.66. The number of rotatable bonds is 5. The lowest BCUT2D eigenvalue weighted by Crippen LogP contribution is -2.41. The molecule has 3 heterocycles. The summed E-state index contributed by atoms with van der Waals surface area (Å²) in [6.07, 6.45) is 2.10. The highest BCUT2D eigenvalue weighted by Crippen LogP contribution is 2.29. The van der Waals surface area contributed by atoms with Crippen LogP contribution in [0.15, 0.2) is 53.9 Å². The van der Waals surface area contributed by atoms with Crippen LogP contribution >= 0.6 is 23.7 Å². The Labute approximate surface area is 169 Å². The van der Waals surface area contributed by atoms with Gasteiger partial charge >= 0.3 is 0 Å². The van der Waals surface area contributed by atoms with E-state index in [1.165, 1.54) is 0 Å². The molecule has 142 valence electrons. The SMILES string of the molecule is CNCC1CCCN1C(=O)c1cc(-c2cccs2)n(-c2ccccc2)n1.Cl. The zero-order chi connectivity index (χ0) is 17.9. The number of hydrogen-bond donors (Lipinski definition) is 1. The minimum Gasteiger partial charge on any atom is -0.333 e. The zero-order valence-corrected chi connectivity index (χ0v) is 16.8. The van der Waals surface area contributed by atoms with Gasteiger partial charge in [0.05, 0.1) is 16.3 Å². The maximum absolute atomic E-state index is 13.1. The number of benzene rings is 1. The molecule has 0 bridgehead atoms. The van der Waals surface area contributed by atoms with Gasteiger partial charge in [-0.2, -0.15) is 5.10 Å². The molecule has 1 saturated heterocycles. The van der Waals surface area contributed by atoms with Crippen LogP contribution in [0.2, 0.25) is 0 Å².